The fraction of sp³-hybridized carbons (Fsp3) is 0.500. The minimum absolute atomic E-state index is 0.00633. The molecule has 162 valence electrons. The number of nitrogens with zero attached hydrogens (tertiary/aromatic N) is 4. The predicted molar refractivity (Wildman–Crippen MR) is 107 cm³/mol. The molecule has 2 aliphatic rings. The number of nitrogens with one attached hydrogen (secondary N) is 1. The number of aromatic nitrogens is 3. The molecule has 2 saturated heterocycles. The van der Waals surface area contributed by atoms with Crippen molar-refractivity contribution < 1.29 is 22.7 Å². The van der Waals surface area contributed by atoms with Gasteiger partial charge in [0.2, 0.25) is 0 Å². The number of aromatic amines is 1. The topological polar surface area (TPSA) is 119 Å². The Morgan fingerprint density at radius 3 is 2.63 bits per heavy atom. The number of imidazole rings is 1. The zero-order valence-corrected chi connectivity index (χ0v) is 17.7. The van der Waals surface area contributed by atoms with Crippen molar-refractivity contribution >= 4 is 27.8 Å². The maximum Gasteiger partial charge on any atom is 0.309 e. The van der Waals surface area contributed by atoms with Crippen LogP contribution in [0.4, 0.5) is 4.39 Å². The SMILES string of the molecule is C[C@H]1CN(S(=O)(=O)N2CC(C(=O)O)C2)CC[C@H]1c1[nH]c(-c2ccc(F)cn2)nc1Cl. The van der Waals surface area contributed by atoms with Crippen molar-refractivity contribution in [1.82, 2.24) is 23.6 Å². The quantitative estimate of drug-likeness (QED) is 0.708. The third-order valence-electron chi connectivity index (χ3n) is 5.74. The molecule has 12 heteroatoms. The van der Waals surface area contributed by atoms with E-state index in [2.05, 4.69) is 15.0 Å². The van der Waals surface area contributed by atoms with Crippen molar-refractivity contribution in [3.8, 4) is 11.5 Å². The zero-order valence-electron chi connectivity index (χ0n) is 16.1. The summed E-state index contributed by atoms with van der Waals surface area (Å²) in [5, 5.41) is 9.26. The minimum Gasteiger partial charge on any atom is -0.481 e. The fourth-order valence-corrected chi connectivity index (χ4v) is 6.03. The van der Waals surface area contributed by atoms with Crippen LogP contribution in [0.2, 0.25) is 5.15 Å². The van der Waals surface area contributed by atoms with Gasteiger partial charge in [-0.25, -0.2) is 14.4 Å². The molecule has 30 heavy (non-hydrogen) atoms. The van der Waals surface area contributed by atoms with Gasteiger partial charge in [0.15, 0.2) is 11.0 Å². The Morgan fingerprint density at radius 1 is 1.30 bits per heavy atom. The Kier molecular flexibility index (Phi) is 5.56. The summed E-state index contributed by atoms with van der Waals surface area (Å²) >= 11 is 6.34. The molecule has 0 radical (unpaired) electrons. The monoisotopic (exact) mass is 457 g/mol. The van der Waals surface area contributed by atoms with Gasteiger partial charge < -0.3 is 10.1 Å². The maximum absolute atomic E-state index is 13.1. The molecule has 9 nitrogen and oxygen atoms in total. The van der Waals surface area contributed by atoms with Crippen LogP contribution in [0, 0.1) is 17.7 Å². The summed E-state index contributed by atoms with van der Waals surface area (Å²) < 4.78 is 41.3. The highest BCUT2D eigenvalue weighted by atomic mass is 35.5. The second-order valence-electron chi connectivity index (χ2n) is 7.74. The molecule has 0 aromatic carbocycles. The number of aliphatic carboxylic acids is 1. The minimum atomic E-state index is -3.68. The number of pyridine rings is 1. The van der Waals surface area contributed by atoms with Gasteiger partial charge in [-0.2, -0.15) is 17.0 Å². The van der Waals surface area contributed by atoms with Crippen molar-refractivity contribution in [2.24, 2.45) is 11.8 Å². The lowest BCUT2D eigenvalue weighted by Gasteiger charge is -2.42. The number of hydrogen-bond acceptors (Lipinski definition) is 5. The summed E-state index contributed by atoms with van der Waals surface area (Å²) in [6.07, 6.45) is 1.64. The number of H-pyrrole nitrogens is 1. The number of carboxylic acids is 1. The smallest absolute Gasteiger partial charge is 0.309 e. The van der Waals surface area contributed by atoms with Gasteiger partial charge >= 0.3 is 5.97 Å². The molecule has 0 bridgehead atoms. The molecule has 2 aromatic rings. The molecular formula is C18H21ClFN5O4S. The lowest BCUT2D eigenvalue weighted by molar-refractivity contribution is -0.145. The van der Waals surface area contributed by atoms with Crippen LogP contribution in [0.15, 0.2) is 18.3 Å². The molecule has 0 unspecified atom stereocenters. The Hall–Kier alpha value is -2.08. The number of rotatable bonds is 5. The highest BCUT2D eigenvalue weighted by Crippen LogP contribution is 2.38. The van der Waals surface area contributed by atoms with Gasteiger partial charge in [-0.05, 0) is 24.5 Å². The average Bonchev–Trinajstić information content (AvgIpc) is 3.02. The predicted octanol–water partition coefficient (Wildman–Crippen LogP) is 1.95. The highest BCUT2D eigenvalue weighted by molar-refractivity contribution is 7.86. The zero-order chi connectivity index (χ0) is 21.6. The normalized spacial score (nSPS) is 24.0. The Balaban J connectivity index is 1.46. The lowest BCUT2D eigenvalue weighted by atomic mass is 9.86. The van der Waals surface area contributed by atoms with E-state index in [-0.39, 0.29) is 30.1 Å². The highest BCUT2D eigenvalue weighted by Gasteiger charge is 2.44. The summed E-state index contributed by atoms with van der Waals surface area (Å²) in [5.41, 5.74) is 1.17. The van der Waals surface area contributed by atoms with E-state index in [1.807, 2.05) is 6.92 Å². The molecule has 2 fully saturated rings. The van der Waals surface area contributed by atoms with Gasteiger partial charge in [-0.1, -0.05) is 18.5 Å². The number of hydrogen-bond donors (Lipinski definition) is 2. The molecule has 0 aliphatic carbocycles. The van der Waals surface area contributed by atoms with E-state index < -0.39 is 27.9 Å². The molecular weight excluding hydrogens is 437 g/mol. The van der Waals surface area contributed by atoms with E-state index in [4.69, 9.17) is 16.7 Å². The van der Waals surface area contributed by atoms with E-state index in [1.54, 1.807) is 0 Å². The molecule has 0 amide bonds. The van der Waals surface area contributed by atoms with Gasteiger partial charge in [0, 0.05) is 32.1 Å². The van der Waals surface area contributed by atoms with Gasteiger partial charge in [0.1, 0.15) is 11.5 Å². The van der Waals surface area contributed by atoms with Crippen LogP contribution >= 0.6 is 11.6 Å². The fourth-order valence-electron chi connectivity index (χ4n) is 3.94. The summed E-state index contributed by atoms with van der Waals surface area (Å²) in [6.45, 7) is 2.54. The second-order valence-corrected chi connectivity index (χ2v) is 10.0. The van der Waals surface area contributed by atoms with E-state index in [0.29, 0.717) is 36.7 Å². The first kappa shape index (κ1) is 21.2. The summed E-state index contributed by atoms with van der Waals surface area (Å²) in [4.78, 5) is 22.4. The Bertz CT molecular complexity index is 1060. The molecule has 2 atom stereocenters. The van der Waals surface area contributed by atoms with Crippen LogP contribution in [0.3, 0.4) is 0 Å². The molecule has 0 saturated carbocycles. The van der Waals surface area contributed by atoms with Crippen molar-refractivity contribution in [2.75, 3.05) is 26.2 Å². The van der Waals surface area contributed by atoms with Crippen molar-refractivity contribution in [3.63, 3.8) is 0 Å². The molecule has 0 spiro atoms. The van der Waals surface area contributed by atoms with Crippen LogP contribution in [0.1, 0.15) is 25.0 Å². The van der Waals surface area contributed by atoms with Crippen molar-refractivity contribution in [2.45, 2.75) is 19.3 Å². The molecule has 4 heterocycles. The lowest BCUT2D eigenvalue weighted by Crippen LogP contribution is -2.58. The summed E-state index contributed by atoms with van der Waals surface area (Å²) in [6, 6.07) is 2.79. The number of carbonyl (C=O) groups is 1. The van der Waals surface area contributed by atoms with Gasteiger partial charge in [-0.3, -0.25) is 4.79 Å². The van der Waals surface area contributed by atoms with Crippen molar-refractivity contribution in [3.05, 3.63) is 35.0 Å². The van der Waals surface area contributed by atoms with E-state index in [0.717, 1.165) is 6.20 Å². The van der Waals surface area contributed by atoms with Crippen LogP contribution in [0.25, 0.3) is 11.5 Å². The second kappa shape index (κ2) is 7.88. The summed E-state index contributed by atoms with van der Waals surface area (Å²) in [5.74, 6) is -1.72. The number of halogens is 2. The van der Waals surface area contributed by atoms with Crippen LogP contribution in [-0.4, -0.2) is 69.2 Å². The van der Waals surface area contributed by atoms with E-state index in [1.165, 1.54) is 20.7 Å². The molecule has 4 rings (SSSR count). The maximum atomic E-state index is 13.1. The summed E-state index contributed by atoms with van der Waals surface area (Å²) in [7, 11) is -3.68. The Morgan fingerprint density at radius 2 is 2.03 bits per heavy atom. The molecule has 2 aliphatic heterocycles. The standard InChI is InChI=1S/C18H21ClFN5O4S/c1-10-7-24(30(28,29)25-8-11(9-25)18(26)27)5-4-13(10)15-16(19)23-17(22-15)14-3-2-12(20)6-21-14/h2-3,6,10-11,13H,4-5,7-9H2,1H3,(H,22,23)(H,26,27)/t10-,13+/m0/s1. The average molecular weight is 458 g/mol. The van der Waals surface area contributed by atoms with Crippen LogP contribution in [-0.2, 0) is 15.0 Å². The third kappa shape index (κ3) is 3.82. The van der Waals surface area contributed by atoms with Crippen LogP contribution in [0.5, 0.6) is 0 Å². The number of piperidine rings is 1. The first-order valence-electron chi connectivity index (χ1n) is 9.52. The third-order valence-corrected chi connectivity index (χ3v) is 7.97. The first-order chi connectivity index (χ1) is 14.2. The van der Waals surface area contributed by atoms with Gasteiger partial charge in [0.05, 0.1) is 17.8 Å². The molecule has 2 aromatic heterocycles. The van der Waals surface area contributed by atoms with Gasteiger partial charge in [0.25, 0.3) is 10.2 Å². The van der Waals surface area contributed by atoms with Crippen molar-refractivity contribution in [1.29, 1.82) is 0 Å². The molecule has 2 N–H and O–H groups in total. The van der Waals surface area contributed by atoms with Crippen LogP contribution < -0.4 is 0 Å². The van der Waals surface area contributed by atoms with E-state index >= 15 is 0 Å². The first-order valence-corrected chi connectivity index (χ1v) is 11.3. The van der Waals surface area contributed by atoms with Gasteiger partial charge in [-0.15, -0.1) is 0 Å². The number of carboxylic acid groups (broad SMARTS) is 1. The van der Waals surface area contributed by atoms with E-state index in [9.17, 15) is 17.6 Å². The largest absolute Gasteiger partial charge is 0.481 e. The Labute approximate surface area is 178 Å².